The molecule has 0 spiro atoms. The fourth-order valence-electron chi connectivity index (χ4n) is 2.65. The molecule has 0 aliphatic carbocycles. The summed E-state index contributed by atoms with van der Waals surface area (Å²) in [5.41, 5.74) is 4.50. The van der Waals surface area contributed by atoms with Crippen LogP contribution in [0.4, 0.5) is 0 Å². The number of benzene rings is 1. The van der Waals surface area contributed by atoms with Gasteiger partial charge in [0.1, 0.15) is 0 Å². The first kappa shape index (κ1) is 19.4. The van der Waals surface area contributed by atoms with E-state index >= 15 is 0 Å². The molecule has 1 heterocycles. The fraction of sp³-hybridized carbons (Fsp3) is 0.350. The fourth-order valence-corrected chi connectivity index (χ4v) is 2.65. The van der Waals surface area contributed by atoms with Gasteiger partial charge in [-0.15, -0.1) is 0 Å². The maximum absolute atomic E-state index is 12.5. The van der Waals surface area contributed by atoms with Gasteiger partial charge in [0.15, 0.2) is 0 Å². The van der Waals surface area contributed by atoms with E-state index in [9.17, 15) is 9.59 Å². The third kappa shape index (κ3) is 5.05. The minimum absolute atomic E-state index is 0.151. The molecular formula is C20H25N3O3. The van der Waals surface area contributed by atoms with Crippen molar-refractivity contribution in [3.05, 3.63) is 64.5 Å². The van der Waals surface area contributed by atoms with Gasteiger partial charge in [-0.05, 0) is 32.8 Å². The Morgan fingerprint density at radius 2 is 1.88 bits per heavy atom. The molecule has 2 aromatic rings. The van der Waals surface area contributed by atoms with Gasteiger partial charge in [-0.1, -0.05) is 35.9 Å². The van der Waals surface area contributed by atoms with Crippen LogP contribution in [0.1, 0.15) is 39.3 Å². The summed E-state index contributed by atoms with van der Waals surface area (Å²) in [6.07, 6.45) is 3.57. The predicted octanol–water partition coefficient (Wildman–Crippen LogP) is 2.71. The average Bonchev–Trinajstić information content (AvgIpc) is 2.89. The van der Waals surface area contributed by atoms with Crippen molar-refractivity contribution >= 4 is 11.9 Å². The van der Waals surface area contributed by atoms with Crippen LogP contribution in [-0.2, 0) is 16.1 Å². The molecule has 1 aromatic carbocycles. The van der Waals surface area contributed by atoms with Crippen molar-refractivity contribution in [1.82, 2.24) is 15.1 Å². The van der Waals surface area contributed by atoms with Gasteiger partial charge in [-0.3, -0.25) is 9.48 Å². The van der Waals surface area contributed by atoms with E-state index in [1.54, 1.807) is 6.08 Å². The van der Waals surface area contributed by atoms with Gasteiger partial charge in [0.25, 0.3) is 5.91 Å². The van der Waals surface area contributed by atoms with Gasteiger partial charge >= 0.3 is 5.97 Å². The highest BCUT2D eigenvalue weighted by atomic mass is 16.5. The third-order valence-electron chi connectivity index (χ3n) is 4.11. The van der Waals surface area contributed by atoms with Crippen LogP contribution in [0.25, 0.3) is 0 Å². The van der Waals surface area contributed by atoms with Crippen LogP contribution in [-0.4, -0.2) is 35.3 Å². The molecule has 6 heteroatoms. The first-order valence-corrected chi connectivity index (χ1v) is 8.54. The Morgan fingerprint density at radius 3 is 2.54 bits per heavy atom. The number of ether oxygens (including phenoxy) is 1. The Labute approximate surface area is 153 Å². The summed E-state index contributed by atoms with van der Waals surface area (Å²) in [4.78, 5) is 23.5. The van der Waals surface area contributed by atoms with E-state index in [4.69, 9.17) is 0 Å². The molecule has 2 rings (SSSR count). The summed E-state index contributed by atoms with van der Waals surface area (Å²) in [6, 6.07) is 8.27. The molecule has 0 bridgehead atoms. The van der Waals surface area contributed by atoms with E-state index in [2.05, 4.69) is 46.3 Å². The van der Waals surface area contributed by atoms with Crippen molar-refractivity contribution < 1.29 is 14.3 Å². The number of carbonyl (C=O) groups is 2. The van der Waals surface area contributed by atoms with Crippen LogP contribution in [0.5, 0.6) is 0 Å². The summed E-state index contributed by atoms with van der Waals surface area (Å²) < 4.78 is 6.37. The van der Waals surface area contributed by atoms with E-state index in [1.807, 2.05) is 18.5 Å². The Morgan fingerprint density at radius 1 is 1.19 bits per heavy atom. The third-order valence-corrected chi connectivity index (χ3v) is 4.11. The number of amides is 1. The zero-order valence-electron chi connectivity index (χ0n) is 15.7. The SMILES string of the molecule is COC(=O)/C=C/CCNC(=O)c1c(C)nn(Cc2ccc(C)cc2)c1C. The second-order valence-electron chi connectivity index (χ2n) is 6.16. The minimum atomic E-state index is -0.402. The van der Waals surface area contributed by atoms with Crippen LogP contribution >= 0.6 is 0 Å². The Kier molecular flexibility index (Phi) is 6.72. The molecule has 0 radical (unpaired) electrons. The topological polar surface area (TPSA) is 73.2 Å². The Hall–Kier alpha value is -2.89. The molecule has 0 fully saturated rings. The first-order chi connectivity index (χ1) is 12.4. The normalized spacial score (nSPS) is 10.9. The Bertz CT molecular complexity index is 804. The lowest BCUT2D eigenvalue weighted by molar-refractivity contribution is -0.134. The van der Waals surface area contributed by atoms with Crippen molar-refractivity contribution in [2.75, 3.05) is 13.7 Å². The number of esters is 1. The molecule has 1 amide bonds. The van der Waals surface area contributed by atoms with Gasteiger partial charge in [0, 0.05) is 18.3 Å². The lowest BCUT2D eigenvalue weighted by atomic mass is 10.1. The number of aromatic nitrogens is 2. The molecule has 0 aliphatic heterocycles. The van der Waals surface area contributed by atoms with E-state index in [1.165, 1.54) is 18.7 Å². The number of aryl methyl sites for hydroxylation is 2. The molecule has 6 nitrogen and oxygen atoms in total. The number of methoxy groups -OCH3 is 1. The van der Waals surface area contributed by atoms with Crippen molar-refractivity contribution in [2.45, 2.75) is 33.7 Å². The van der Waals surface area contributed by atoms with Gasteiger partial charge in [0.05, 0.1) is 24.9 Å². The molecule has 0 unspecified atom stereocenters. The molecule has 138 valence electrons. The van der Waals surface area contributed by atoms with E-state index in [-0.39, 0.29) is 5.91 Å². The van der Waals surface area contributed by atoms with E-state index in [0.29, 0.717) is 30.8 Å². The number of nitrogens with one attached hydrogen (secondary N) is 1. The highest BCUT2D eigenvalue weighted by molar-refractivity contribution is 5.96. The monoisotopic (exact) mass is 355 g/mol. The number of nitrogens with zero attached hydrogens (tertiary/aromatic N) is 2. The smallest absolute Gasteiger partial charge is 0.330 e. The Balaban J connectivity index is 1.99. The van der Waals surface area contributed by atoms with Crippen LogP contribution < -0.4 is 5.32 Å². The van der Waals surface area contributed by atoms with Crippen molar-refractivity contribution in [2.24, 2.45) is 0 Å². The highest BCUT2D eigenvalue weighted by Crippen LogP contribution is 2.15. The van der Waals surface area contributed by atoms with Crippen LogP contribution in [0.3, 0.4) is 0 Å². The molecule has 26 heavy (non-hydrogen) atoms. The lowest BCUT2D eigenvalue weighted by Crippen LogP contribution is -2.25. The van der Waals surface area contributed by atoms with Gasteiger partial charge in [-0.25, -0.2) is 4.79 Å². The molecule has 1 aromatic heterocycles. The van der Waals surface area contributed by atoms with E-state index in [0.717, 1.165) is 11.3 Å². The van der Waals surface area contributed by atoms with Crippen LogP contribution in [0.2, 0.25) is 0 Å². The molecule has 0 atom stereocenters. The van der Waals surface area contributed by atoms with Crippen molar-refractivity contribution in [3.8, 4) is 0 Å². The maximum atomic E-state index is 12.5. The predicted molar refractivity (Wildman–Crippen MR) is 100 cm³/mol. The largest absolute Gasteiger partial charge is 0.466 e. The van der Waals surface area contributed by atoms with Crippen LogP contribution in [0, 0.1) is 20.8 Å². The molecular weight excluding hydrogens is 330 g/mol. The lowest BCUT2D eigenvalue weighted by Gasteiger charge is -2.07. The average molecular weight is 355 g/mol. The summed E-state index contributed by atoms with van der Waals surface area (Å²) in [6.45, 7) is 6.86. The second-order valence-corrected chi connectivity index (χ2v) is 6.16. The molecule has 0 saturated carbocycles. The number of hydrogen-bond donors (Lipinski definition) is 1. The van der Waals surface area contributed by atoms with Crippen LogP contribution in [0.15, 0.2) is 36.4 Å². The zero-order chi connectivity index (χ0) is 19.1. The summed E-state index contributed by atoms with van der Waals surface area (Å²) >= 11 is 0. The van der Waals surface area contributed by atoms with Gasteiger partial charge in [0.2, 0.25) is 0 Å². The summed E-state index contributed by atoms with van der Waals surface area (Å²) in [5.74, 6) is -0.554. The summed E-state index contributed by atoms with van der Waals surface area (Å²) in [5, 5.41) is 7.37. The summed E-state index contributed by atoms with van der Waals surface area (Å²) in [7, 11) is 1.33. The number of rotatable bonds is 7. The minimum Gasteiger partial charge on any atom is -0.466 e. The standard InChI is InChI=1S/C20H25N3O3/c1-14-8-10-17(11-9-14)13-23-16(3)19(15(2)22-23)20(25)21-12-6-5-7-18(24)26-4/h5,7-11H,6,12-13H2,1-4H3,(H,21,25)/b7-5+. The number of hydrogen-bond acceptors (Lipinski definition) is 4. The zero-order valence-corrected chi connectivity index (χ0v) is 15.7. The first-order valence-electron chi connectivity index (χ1n) is 8.54. The van der Waals surface area contributed by atoms with Crippen molar-refractivity contribution in [3.63, 3.8) is 0 Å². The van der Waals surface area contributed by atoms with E-state index < -0.39 is 5.97 Å². The second kappa shape index (κ2) is 8.99. The number of carbonyl (C=O) groups excluding carboxylic acids is 2. The molecule has 1 N–H and O–H groups in total. The van der Waals surface area contributed by atoms with Crippen molar-refractivity contribution in [1.29, 1.82) is 0 Å². The quantitative estimate of drug-likeness (QED) is 0.471. The molecule has 0 aliphatic rings. The molecule has 0 saturated heterocycles. The van der Waals surface area contributed by atoms with Gasteiger partial charge < -0.3 is 10.1 Å². The highest BCUT2D eigenvalue weighted by Gasteiger charge is 2.18. The maximum Gasteiger partial charge on any atom is 0.330 e. The van der Waals surface area contributed by atoms with Gasteiger partial charge in [-0.2, -0.15) is 5.10 Å².